The molecule has 16 heavy (non-hydrogen) atoms. The Hall–Kier alpha value is -1.13. The van der Waals surface area contributed by atoms with Crippen LogP contribution in [0.15, 0.2) is 39.9 Å². The van der Waals surface area contributed by atoms with Crippen LogP contribution in [-0.4, -0.2) is 9.55 Å². The van der Waals surface area contributed by atoms with Gasteiger partial charge in [0.25, 0.3) is 5.56 Å². The SMILES string of the molecule is Cc1ncn(-c2ccc(Cl)cc2)c(=O)c1Br. The summed E-state index contributed by atoms with van der Waals surface area (Å²) in [6.45, 7) is 1.78. The molecular weight excluding hydrogens is 291 g/mol. The van der Waals surface area contributed by atoms with Gasteiger partial charge in [0.2, 0.25) is 0 Å². The highest BCUT2D eigenvalue weighted by Crippen LogP contribution is 2.13. The molecule has 1 heterocycles. The van der Waals surface area contributed by atoms with Crippen molar-refractivity contribution < 1.29 is 0 Å². The number of halogens is 2. The lowest BCUT2D eigenvalue weighted by molar-refractivity contribution is 0.904. The van der Waals surface area contributed by atoms with E-state index >= 15 is 0 Å². The molecule has 0 amide bonds. The van der Waals surface area contributed by atoms with Crippen molar-refractivity contribution in [3.63, 3.8) is 0 Å². The summed E-state index contributed by atoms with van der Waals surface area (Å²) in [7, 11) is 0. The highest BCUT2D eigenvalue weighted by Gasteiger charge is 2.06. The van der Waals surface area contributed by atoms with Crippen LogP contribution in [0.25, 0.3) is 5.69 Å². The summed E-state index contributed by atoms with van der Waals surface area (Å²) in [5.41, 5.74) is 1.28. The number of hydrogen-bond donors (Lipinski definition) is 0. The number of aryl methyl sites for hydroxylation is 1. The van der Waals surface area contributed by atoms with Crippen LogP contribution < -0.4 is 5.56 Å². The molecule has 0 aliphatic carbocycles. The third-order valence-electron chi connectivity index (χ3n) is 2.20. The van der Waals surface area contributed by atoms with Crippen LogP contribution in [0.4, 0.5) is 0 Å². The van der Waals surface area contributed by atoms with E-state index < -0.39 is 0 Å². The standard InChI is InChI=1S/C11H8BrClN2O/c1-7-10(12)11(16)15(6-14-7)9-4-2-8(13)3-5-9/h2-6H,1H3. The van der Waals surface area contributed by atoms with Gasteiger partial charge in [-0.15, -0.1) is 0 Å². The Balaban J connectivity index is 2.61. The molecule has 0 aliphatic rings. The lowest BCUT2D eigenvalue weighted by Crippen LogP contribution is -2.20. The fourth-order valence-corrected chi connectivity index (χ4v) is 1.72. The van der Waals surface area contributed by atoms with Crippen LogP contribution in [0.3, 0.4) is 0 Å². The molecule has 2 aromatic rings. The largest absolute Gasteiger partial charge is 0.272 e. The van der Waals surface area contributed by atoms with E-state index in [1.54, 1.807) is 31.2 Å². The zero-order chi connectivity index (χ0) is 11.7. The van der Waals surface area contributed by atoms with E-state index in [-0.39, 0.29) is 5.56 Å². The fraction of sp³-hybridized carbons (Fsp3) is 0.0909. The van der Waals surface area contributed by atoms with Crippen LogP contribution in [-0.2, 0) is 0 Å². The van der Waals surface area contributed by atoms with Crippen molar-refractivity contribution in [3.05, 3.63) is 56.1 Å². The molecule has 0 bridgehead atoms. The van der Waals surface area contributed by atoms with Gasteiger partial charge >= 0.3 is 0 Å². The summed E-state index contributed by atoms with van der Waals surface area (Å²) < 4.78 is 1.94. The van der Waals surface area contributed by atoms with Crippen molar-refractivity contribution in [3.8, 4) is 5.69 Å². The predicted octanol–water partition coefficient (Wildman–Crippen LogP) is 2.96. The maximum Gasteiger partial charge on any atom is 0.272 e. The van der Waals surface area contributed by atoms with Crippen molar-refractivity contribution in [1.82, 2.24) is 9.55 Å². The average molecular weight is 300 g/mol. The van der Waals surface area contributed by atoms with Gasteiger partial charge < -0.3 is 0 Å². The smallest absolute Gasteiger partial charge is 0.268 e. The molecule has 0 saturated heterocycles. The molecule has 2 rings (SSSR count). The lowest BCUT2D eigenvalue weighted by atomic mass is 10.3. The first kappa shape index (κ1) is 11.4. The maximum atomic E-state index is 11.9. The van der Waals surface area contributed by atoms with E-state index in [1.807, 2.05) is 0 Å². The first-order valence-electron chi connectivity index (χ1n) is 4.59. The van der Waals surface area contributed by atoms with Gasteiger partial charge in [0.05, 0.1) is 11.4 Å². The zero-order valence-electron chi connectivity index (χ0n) is 8.45. The molecule has 0 fully saturated rings. The Labute approximate surface area is 106 Å². The van der Waals surface area contributed by atoms with Gasteiger partial charge in [0.15, 0.2) is 0 Å². The minimum atomic E-state index is -0.130. The second kappa shape index (κ2) is 4.39. The molecule has 1 aromatic heterocycles. The summed E-state index contributed by atoms with van der Waals surface area (Å²) in [4.78, 5) is 16.0. The van der Waals surface area contributed by atoms with Gasteiger partial charge in [-0.3, -0.25) is 9.36 Å². The number of nitrogens with zero attached hydrogens (tertiary/aromatic N) is 2. The summed E-state index contributed by atoms with van der Waals surface area (Å²) in [5.74, 6) is 0. The Morgan fingerprint density at radius 3 is 2.56 bits per heavy atom. The van der Waals surface area contributed by atoms with E-state index in [0.717, 1.165) is 5.69 Å². The first-order valence-corrected chi connectivity index (χ1v) is 5.76. The molecule has 0 saturated carbocycles. The summed E-state index contributed by atoms with van der Waals surface area (Å²) in [5, 5.41) is 0.635. The molecule has 0 spiro atoms. The highest BCUT2D eigenvalue weighted by atomic mass is 79.9. The van der Waals surface area contributed by atoms with Crippen LogP contribution in [0, 0.1) is 6.92 Å². The molecule has 0 aliphatic heterocycles. The molecule has 82 valence electrons. The summed E-state index contributed by atoms with van der Waals surface area (Å²) in [6, 6.07) is 7.01. The third kappa shape index (κ3) is 2.03. The van der Waals surface area contributed by atoms with Crippen molar-refractivity contribution in [2.45, 2.75) is 6.92 Å². The van der Waals surface area contributed by atoms with Crippen LogP contribution in [0.5, 0.6) is 0 Å². The van der Waals surface area contributed by atoms with E-state index in [4.69, 9.17) is 11.6 Å². The van der Waals surface area contributed by atoms with Crippen molar-refractivity contribution >= 4 is 27.5 Å². The predicted molar refractivity (Wildman–Crippen MR) is 67.3 cm³/mol. The van der Waals surface area contributed by atoms with Gasteiger partial charge in [0.1, 0.15) is 10.8 Å². The van der Waals surface area contributed by atoms with Crippen LogP contribution in [0.2, 0.25) is 5.02 Å². The Bertz CT molecular complexity index is 578. The van der Waals surface area contributed by atoms with Crippen molar-refractivity contribution in [1.29, 1.82) is 0 Å². The normalized spacial score (nSPS) is 10.4. The zero-order valence-corrected chi connectivity index (χ0v) is 10.8. The number of rotatable bonds is 1. The molecule has 3 nitrogen and oxygen atoms in total. The van der Waals surface area contributed by atoms with E-state index in [2.05, 4.69) is 20.9 Å². The molecule has 0 N–H and O–H groups in total. The van der Waals surface area contributed by atoms with Crippen molar-refractivity contribution in [2.24, 2.45) is 0 Å². The third-order valence-corrected chi connectivity index (χ3v) is 3.36. The molecule has 1 aromatic carbocycles. The van der Waals surface area contributed by atoms with E-state index in [9.17, 15) is 4.79 Å². The molecular formula is C11H8BrClN2O. The van der Waals surface area contributed by atoms with Gasteiger partial charge in [-0.1, -0.05) is 11.6 Å². The van der Waals surface area contributed by atoms with Gasteiger partial charge in [-0.25, -0.2) is 4.98 Å². The average Bonchev–Trinajstić information content (AvgIpc) is 2.28. The number of hydrogen-bond acceptors (Lipinski definition) is 2. The van der Waals surface area contributed by atoms with E-state index in [1.165, 1.54) is 10.9 Å². The molecule has 0 unspecified atom stereocenters. The van der Waals surface area contributed by atoms with Crippen LogP contribution in [0.1, 0.15) is 5.69 Å². The van der Waals surface area contributed by atoms with Gasteiger partial charge in [-0.2, -0.15) is 0 Å². The first-order chi connectivity index (χ1) is 7.59. The maximum absolute atomic E-state index is 11.9. The molecule has 5 heteroatoms. The Morgan fingerprint density at radius 1 is 1.31 bits per heavy atom. The fourth-order valence-electron chi connectivity index (χ4n) is 1.30. The second-order valence-corrected chi connectivity index (χ2v) is 4.52. The lowest BCUT2D eigenvalue weighted by Gasteiger charge is -2.06. The Kier molecular flexibility index (Phi) is 3.12. The summed E-state index contributed by atoms with van der Waals surface area (Å²) in [6.07, 6.45) is 1.51. The van der Waals surface area contributed by atoms with Gasteiger partial charge in [-0.05, 0) is 47.1 Å². The molecule has 0 radical (unpaired) electrons. The topological polar surface area (TPSA) is 34.9 Å². The quantitative estimate of drug-likeness (QED) is 0.811. The van der Waals surface area contributed by atoms with Crippen LogP contribution >= 0.6 is 27.5 Å². The van der Waals surface area contributed by atoms with Crippen molar-refractivity contribution in [2.75, 3.05) is 0 Å². The number of benzene rings is 1. The highest BCUT2D eigenvalue weighted by molar-refractivity contribution is 9.10. The monoisotopic (exact) mass is 298 g/mol. The number of aromatic nitrogens is 2. The van der Waals surface area contributed by atoms with E-state index in [0.29, 0.717) is 15.2 Å². The minimum absolute atomic E-state index is 0.130. The molecule has 0 atom stereocenters. The Morgan fingerprint density at radius 2 is 1.94 bits per heavy atom. The summed E-state index contributed by atoms with van der Waals surface area (Å²) >= 11 is 9.00. The second-order valence-electron chi connectivity index (χ2n) is 3.30. The minimum Gasteiger partial charge on any atom is -0.268 e. The van der Waals surface area contributed by atoms with Gasteiger partial charge in [0, 0.05) is 5.02 Å².